The van der Waals surface area contributed by atoms with Gasteiger partial charge in [-0.05, 0) is 30.2 Å². The molecule has 4 nitrogen and oxygen atoms in total. The number of nitrogens with zero attached hydrogens (tertiary/aromatic N) is 1. The molecule has 4 heteroatoms. The van der Waals surface area contributed by atoms with Crippen LogP contribution in [0.25, 0.3) is 6.08 Å². The highest BCUT2D eigenvalue weighted by Crippen LogP contribution is 2.12. The Morgan fingerprint density at radius 3 is 2.75 bits per heavy atom. The zero-order valence-corrected chi connectivity index (χ0v) is 11.1. The van der Waals surface area contributed by atoms with Crippen LogP contribution in [0.2, 0.25) is 0 Å². The van der Waals surface area contributed by atoms with E-state index < -0.39 is 5.97 Å². The van der Waals surface area contributed by atoms with E-state index in [1.807, 2.05) is 30.3 Å². The van der Waals surface area contributed by atoms with Crippen molar-refractivity contribution < 1.29 is 9.90 Å². The van der Waals surface area contributed by atoms with Crippen LogP contribution in [-0.4, -0.2) is 15.6 Å². The first-order valence-corrected chi connectivity index (χ1v) is 6.23. The van der Waals surface area contributed by atoms with Gasteiger partial charge < -0.3 is 9.67 Å². The highest BCUT2D eigenvalue weighted by molar-refractivity contribution is 5.85. The summed E-state index contributed by atoms with van der Waals surface area (Å²) in [5.74, 6) is -0.993. The zero-order valence-electron chi connectivity index (χ0n) is 11.1. The second kappa shape index (κ2) is 6.02. The molecular formula is C16H15NO3. The van der Waals surface area contributed by atoms with Crippen LogP contribution >= 0.6 is 0 Å². The van der Waals surface area contributed by atoms with Gasteiger partial charge in [-0.3, -0.25) is 4.79 Å². The maximum atomic E-state index is 12.0. The topological polar surface area (TPSA) is 59.3 Å². The molecule has 0 saturated carbocycles. The van der Waals surface area contributed by atoms with Crippen LogP contribution in [0.5, 0.6) is 0 Å². The molecule has 1 heterocycles. The van der Waals surface area contributed by atoms with E-state index in [-0.39, 0.29) is 5.56 Å². The van der Waals surface area contributed by atoms with Crippen LogP contribution in [0.1, 0.15) is 16.7 Å². The van der Waals surface area contributed by atoms with E-state index in [4.69, 9.17) is 5.11 Å². The molecule has 0 bridgehead atoms. The van der Waals surface area contributed by atoms with Gasteiger partial charge in [0.15, 0.2) is 0 Å². The average Bonchev–Trinajstić information content (AvgIpc) is 2.43. The lowest BCUT2D eigenvalue weighted by atomic mass is 10.1. The number of pyridine rings is 1. The lowest BCUT2D eigenvalue weighted by Crippen LogP contribution is -2.21. The van der Waals surface area contributed by atoms with Gasteiger partial charge in [-0.15, -0.1) is 0 Å². The molecule has 102 valence electrons. The highest BCUT2D eigenvalue weighted by Gasteiger charge is 2.03. The van der Waals surface area contributed by atoms with Crippen molar-refractivity contribution in [2.75, 3.05) is 0 Å². The van der Waals surface area contributed by atoms with Gasteiger partial charge in [0, 0.05) is 17.8 Å². The molecule has 2 aromatic rings. The first-order chi connectivity index (χ1) is 9.58. The Balaban J connectivity index is 2.37. The van der Waals surface area contributed by atoms with Crippen molar-refractivity contribution in [3.8, 4) is 0 Å². The molecule has 0 aliphatic carbocycles. The van der Waals surface area contributed by atoms with E-state index in [1.165, 1.54) is 0 Å². The third-order valence-corrected chi connectivity index (χ3v) is 3.01. The summed E-state index contributed by atoms with van der Waals surface area (Å²) >= 11 is 0. The van der Waals surface area contributed by atoms with Gasteiger partial charge >= 0.3 is 5.97 Å². The Morgan fingerprint density at radius 1 is 1.25 bits per heavy atom. The van der Waals surface area contributed by atoms with E-state index in [0.29, 0.717) is 12.1 Å². The second-order valence-corrected chi connectivity index (χ2v) is 4.49. The van der Waals surface area contributed by atoms with Gasteiger partial charge in [-0.25, -0.2) is 4.79 Å². The molecular weight excluding hydrogens is 254 g/mol. The summed E-state index contributed by atoms with van der Waals surface area (Å²) in [7, 11) is 0. The van der Waals surface area contributed by atoms with Crippen molar-refractivity contribution in [3.05, 3.63) is 75.7 Å². The number of rotatable bonds is 4. The van der Waals surface area contributed by atoms with Crippen molar-refractivity contribution in [2.24, 2.45) is 0 Å². The number of aliphatic carboxylic acids is 1. The lowest BCUT2D eigenvalue weighted by Gasteiger charge is -2.09. The van der Waals surface area contributed by atoms with Gasteiger partial charge in [0.2, 0.25) is 0 Å². The standard InChI is InChI=1S/C16H15NO3/c1-12-5-4-10-17(16(12)20)11-14-7-3-2-6-13(14)8-9-15(18)19/h2-10H,11H2,1H3,(H,18,19). The Bertz CT molecular complexity index is 714. The number of carboxylic acid groups (broad SMARTS) is 1. The molecule has 0 aliphatic rings. The predicted octanol–water partition coefficient (Wildman–Crippen LogP) is 2.30. The molecule has 1 aromatic carbocycles. The van der Waals surface area contributed by atoms with Crippen molar-refractivity contribution in [1.29, 1.82) is 0 Å². The van der Waals surface area contributed by atoms with Gasteiger partial charge in [0.05, 0.1) is 6.54 Å². The maximum absolute atomic E-state index is 12.0. The molecule has 0 saturated heterocycles. The molecule has 0 spiro atoms. The van der Waals surface area contributed by atoms with Crippen molar-refractivity contribution in [1.82, 2.24) is 4.57 Å². The summed E-state index contributed by atoms with van der Waals surface area (Å²) in [6, 6.07) is 11.0. The maximum Gasteiger partial charge on any atom is 0.328 e. The smallest absolute Gasteiger partial charge is 0.328 e. The molecule has 1 N–H and O–H groups in total. The minimum atomic E-state index is -0.993. The van der Waals surface area contributed by atoms with Crippen LogP contribution in [0.3, 0.4) is 0 Å². The summed E-state index contributed by atoms with van der Waals surface area (Å²) in [6.45, 7) is 2.19. The van der Waals surface area contributed by atoms with Crippen LogP contribution in [0.15, 0.2) is 53.5 Å². The van der Waals surface area contributed by atoms with E-state index >= 15 is 0 Å². The Hall–Kier alpha value is -2.62. The summed E-state index contributed by atoms with van der Waals surface area (Å²) in [6.07, 6.45) is 4.36. The molecule has 20 heavy (non-hydrogen) atoms. The fourth-order valence-electron chi connectivity index (χ4n) is 1.97. The summed E-state index contributed by atoms with van der Waals surface area (Å²) < 4.78 is 1.61. The number of carbonyl (C=O) groups is 1. The number of carboxylic acids is 1. The molecule has 0 aliphatic heterocycles. The fourth-order valence-corrected chi connectivity index (χ4v) is 1.97. The highest BCUT2D eigenvalue weighted by atomic mass is 16.4. The number of hydrogen-bond acceptors (Lipinski definition) is 2. The van der Waals surface area contributed by atoms with Gasteiger partial charge in [0.25, 0.3) is 5.56 Å². The van der Waals surface area contributed by atoms with Gasteiger partial charge in [0.1, 0.15) is 0 Å². The van der Waals surface area contributed by atoms with Crippen LogP contribution in [0, 0.1) is 6.92 Å². The molecule has 0 amide bonds. The number of aromatic nitrogens is 1. The van der Waals surface area contributed by atoms with Gasteiger partial charge in [-0.2, -0.15) is 0 Å². The monoisotopic (exact) mass is 269 g/mol. The van der Waals surface area contributed by atoms with Crippen LogP contribution in [-0.2, 0) is 11.3 Å². The fraction of sp³-hybridized carbons (Fsp3) is 0.125. The van der Waals surface area contributed by atoms with E-state index in [0.717, 1.165) is 17.2 Å². The first kappa shape index (κ1) is 13.8. The number of aryl methyl sites for hydroxylation is 1. The molecule has 0 unspecified atom stereocenters. The third-order valence-electron chi connectivity index (χ3n) is 3.01. The average molecular weight is 269 g/mol. The summed E-state index contributed by atoms with van der Waals surface area (Å²) in [5.41, 5.74) is 2.34. The van der Waals surface area contributed by atoms with E-state index in [2.05, 4.69) is 0 Å². The largest absolute Gasteiger partial charge is 0.478 e. The Kier molecular flexibility index (Phi) is 4.15. The van der Waals surface area contributed by atoms with Crippen LogP contribution < -0.4 is 5.56 Å². The third kappa shape index (κ3) is 3.23. The molecule has 1 aromatic heterocycles. The minimum Gasteiger partial charge on any atom is -0.478 e. The first-order valence-electron chi connectivity index (χ1n) is 6.23. The van der Waals surface area contributed by atoms with Crippen molar-refractivity contribution >= 4 is 12.0 Å². The van der Waals surface area contributed by atoms with Crippen molar-refractivity contribution in [2.45, 2.75) is 13.5 Å². The van der Waals surface area contributed by atoms with E-state index in [9.17, 15) is 9.59 Å². The summed E-state index contributed by atoms with van der Waals surface area (Å²) in [4.78, 5) is 22.6. The number of benzene rings is 1. The van der Waals surface area contributed by atoms with E-state index in [1.54, 1.807) is 29.8 Å². The predicted molar refractivity (Wildman–Crippen MR) is 77.7 cm³/mol. The zero-order chi connectivity index (χ0) is 14.5. The molecule has 0 radical (unpaired) electrons. The molecule has 2 rings (SSSR count). The summed E-state index contributed by atoms with van der Waals surface area (Å²) in [5, 5.41) is 8.69. The SMILES string of the molecule is Cc1cccn(Cc2ccccc2C=CC(=O)O)c1=O. The van der Waals surface area contributed by atoms with Crippen LogP contribution in [0.4, 0.5) is 0 Å². The molecule has 0 fully saturated rings. The Morgan fingerprint density at radius 2 is 2.00 bits per heavy atom. The number of hydrogen-bond donors (Lipinski definition) is 1. The Labute approximate surface area is 116 Å². The van der Waals surface area contributed by atoms with Crippen molar-refractivity contribution in [3.63, 3.8) is 0 Å². The lowest BCUT2D eigenvalue weighted by molar-refractivity contribution is -0.131. The second-order valence-electron chi connectivity index (χ2n) is 4.49. The quantitative estimate of drug-likeness (QED) is 0.866. The van der Waals surface area contributed by atoms with Gasteiger partial charge in [-0.1, -0.05) is 30.3 Å². The molecule has 0 atom stereocenters. The normalized spacial score (nSPS) is 10.8. The minimum absolute atomic E-state index is 0.0375.